The molecule has 5 aliphatic heterocycles. The van der Waals surface area contributed by atoms with Crippen molar-refractivity contribution in [2.24, 2.45) is 12.5 Å². The Morgan fingerprint density at radius 3 is 2.48 bits per heavy atom. The molecule has 0 radical (unpaired) electrons. The van der Waals surface area contributed by atoms with E-state index in [-0.39, 0.29) is 53.4 Å². The number of hydrogen-bond donors (Lipinski definition) is 4. The van der Waals surface area contributed by atoms with Crippen molar-refractivity contribution in [2.75, 3.05) is 58.1 Å². The van der Waals surface area contributed by atoms with Crippen LogP contribution in [0.4, 0.5) is 34.4 Å². The van der Waals surface area contributed by atoms with Gasteiger partial charge in [-0.15, -0.1) is 0 Å². The number of nitrogens with one attached hydrogen (secondary N) is 3. The number of rotatable bonds is 11. The Bertz CT molecular complexity index is 3270. The van der Waals surface area contributed by atoms with Gasteiger partial charge in [0.25, 0.3) is 17.4 Å². The highest BCUT2D eigenvalue weighted by atomic mass is 16.3. The molecule has 0 saturated carbocycles. The van der Waals surface area contributed by atoms with Crippen molar-refractivity contribution in [2.45, 2.75) is 110 Å². The molecular formula is C56H64N12O7. The summed E-state index contributed by atoms with van der Waals surface area (Å²) < 4.78 is 3.56. The largest absolute Gasteiger partial charge is 0.392 e. The summed E-state index contributed by atoms with van der Waals surface area (Å²) in [4.78, 5) is 98.9. The molecule has 2 aromatic carbocycles. The number of amides is 5. The lowest BCUT2D eigenvalue weighted by atomic mass is 9.90. The van der Waals surface area contributed by atoms with Crippen LogP contribution >= 0.6 is 0 Å². The third kappa shape index (κ3) is 8.94. The zero-order chi connectivity index (χ0) is 52.6. The van der Waals surface area contributed by atoms with Gasteiger partial charge >= 0.3 is 0 Å². The Morgan fingerprint density at radius 1 is 0.907 bits per heavy atom. The first-order valence-corrected chi connectivity index (χ1v) is 26.1. The third-order valence-electron chi connectivity index (χ3n) is 16.3. The number of carbonyl (C=O) groups excluding carboxylic acids is 5. The number of pyridine rings is 1. The number of piperazine rings is 1. The van der Waals surface area contributed by atoms with Crippen LogP contribution in [0.3, 0.4) is 0 Å². The lowest BCUT2D eigenvalue weighted by Gasteiger charge is -2.48. The molecule has 3 fully saturated rings. The van der Waals surface area contributed by atoms with Crippen molar-refractivity contribution < 1.29 is 29.1 Å². The number of anilines is 6. The number of hydrogen-bond acceptors (Lipinski definition) is 13. The number of aryl methyl sites for hydroxylation is 1. The fourth-order valence-electron chi connectivity index (χ4n) is 12.7. The maximum Gasteiger partial charge on any atom is 0.293 e. The minimum atomic E-state index is -0.667. The van der Waals surface area contributed by atoms with E-state index in [2.05, 4.69) is 80.5 Å². The fourth-order valence-corrected chi connectivity index (χ4v) is 12.7. The Hall–Kier alpha value is -7.64. The lowest BCUT2D eigenvalue weighted by molar-refractivity contribution is -0.137. The van der Waals surface area contributed by atoms with Crippen molar-refractivity contribution in [1.82, 2.24) is 34.2 Å². The molecule has 4 N–H and O–H groups in total. The van der Waals surface area contributed by atoms with Crippen LogP contribution in [0, 0.1) is 5.41 Å². The lowest BCUT2D eigenvalue weighted by Crippen LogP contribution is -2.58. The molecule has 8 heterocycles. The molecule has 3 aromatic heterocycles. The van der Waals surface area contributed by atoms with Crippen LogP contribution in [0.2, 0.25) is 0 Å². The predicted octanol–water partition coefficient (Wildman–Crippen LogP) is 5.12. The van der Waals surface area contributed by atoms with Gasteiger partial charge in [0, 0.05) is 129 Å². The smallest absolute Gasteiger partial charge is 0.293 e. The Morgan fingerprint density at radius 2 is 1.72 bits per heavy atom. The second kappa shape index (κ2) is 19.2. The van der Waals surface area contributed by atoms with Gasteiger partial charge in [0.1, 0.15) is 17.6 Å². The summed E-state index contributed by atoms with van der Waals surface area (Å²) in [7, 11) is 1.63. The van der Waals surface area contributed by atoms with Gasteiger partial charge in [0.2, 0.25) is 17.7 Å². The molecule has 3 saturated heterocycles. The van der Waals surface area contributed by atoms with Crippen molar-refractivity contribution >= 4 is 63.9 Å². The number of carbonyl (C=O) groups is 5. The molecular weight excluding hydrogens is 953 g/mol. The summed E-state index contributed by atoms with van der Waals surface area (Å²) in [6.07, 6.45) is 8.63. The molecule has 11 rings (SSSR count). The predicted molar refractivity (Wildman–Crippen MR) is 285 cm³/mol. The Balaban J connectivity index is 0.782. The summed E-state index contributed by atoms with van der Waals surface area (Å²) in [5.41, 5.74) is 8.58. The number of imide groups is 1. The number of benzene rings is 2. The highest BCUT2D eigenvalue weighted by Gasteiger charge is 2.43. The van der Waals surface area contributed by atoms with E-state index in [4.69, 9.17) is 4.98 Å². The van der Waals surface area contributed by atoms with Crippen LogP contribution in [-0.4, -0.2) is 120 Å². The summed E-state index contributed by atoms with van der Waals surface area (Å²) in [6, 6.07) is 15.1. The summed E-state index contributed by atoms with van der Waals surface area (Å²) >= 11 is 0. The van der Waals surface area contributed by atoms with E-state index in [1.165, 1.54) is 21.9 Å². The summed E-state index contributed by atoms with van der Waals surface area (Å²) in [5, 5.41) is 19.5. The van der Waals surface area contributed by atoms with E-state index < -0.39 is 24.1 Å². The second-order valence-corrected chi connectivity index (χ2v) is 21.8. The molecule has 390 valence electrons. The van der Waals surface area contributed by atoms with Crippen LogP contribution in [-0.2, 0) is 54.0 Å². The number of aromatic nitrogens is 4. The van der Waals surface area contributed by atoms with Crippen LogP contribution in [0.25, 0.3) is 11.3 Å². The zero-order valence-electron chi connectivity index (χ0n) is 43.2. The molecule has 0 spiro atoms. The fraction of sp³-hybridized carbons (Fsp3) is 0.429. The molecule has 19 heteroatoms. The van der Waals surface area contributed by atoms with Crippen molar-refractivity contribution in [1.29, 1.82) is 0 Å². The average Bonchev–Trinajstić information content (AvgIpc) is 4.01. The molecule has 1 aliphatic carbocycles. The second-order valence-electron chi connectivity index (χ2n) is 21.8. The first kappa shape index (κ1) is 49.6. The first-order chi connectivity index (χ1) is 36.0. The van der Waals surface area contributed by atoms with E-state index in [1.807, 2.05) is 30.3 Å². The van der Waals surface area contributed by atoms with Crippen molar-refractivity contribution in [3.8, 4) is 11.3 Å². The van der Waals surface area contributed by atoms with E-state index >= 15 is 0 Å². The topological polar surface area (TPSA) is 211 Å². The van der Waals surface area contributed by atoms with Crippen LogP contribution < -0.4 is 36.2 Å². The minimum absolute atomic E-state index is 0.0249. The standard InChI is InChI=1S/C56H64N12O7/c1-7-48(70)59-41-25-35(58-50-55(75)62(6)30-42(60-50)37-15-17-57-51(40(37)31-69)67-22-21-66-46(54(67)74)24-34-26-56(4,5)27-47(34)66)11-12-44(41)65-20-19-63(28-33(65)3)36-16-18-64(32(2)23-36)43-10-8-9-38-39(43)29-68(53(38)73)45-13-14-49(71)61-52(45)72/h7-12,15,17,24-25,30,32-33,36,45,69H,1,13-14,16,18-23,26-29,31H2,2-6H3,(H,58,60)(H,59,70)(H,61,71,72)/t32-,33-,36?,45?/m0/s1. The van der Waals surface area contributed by atoms with E-state index in [0.717, 1.165) is 62.3 Å². The highest BCUT2D eigenvalue weighted by molar-refractivity contribution is 6.07. The zero-order valence-corrected chi connectivity index (χ0v) is 43.2. The minimum Gasteiger partial charge on any atom is -0.392 e. The van der Waals surface area contributed by atoms with Gasteiger partial charge in [-0.1, -0.05) is 26.5 Å². The van der Waals surface area contributed by atoms with Gasteiger partial charge in [-0.2, -0.15) is 0 Å². The molecule has 75 heavy (non-hydrogen) atoms. The van der Waals surface area contributed by atoms with Gasteiger partial charge in [0.15, 0.2) is 5.82 Å². The van der Waals surface area contributed by atoms with Crippen molar-refractivity contribution in [3.63, 3.8) is 0 Å². The summed E-state index contributed by atoms with van der Waals surface area (Å²) in [6.45, 7) is 16.6. The molecule has 19 nitrogen and oxygen atoms in total. The van der Waals surface area contributed by atoms with E-state index in [0.29, 0.717) is 83.9 Å². The first-order valence-electron chi connectivity index (χ1n) is 26.1. The Labute approximate surface area is 435 Å². The number of fused-ring (bicyclic) bond motifs is 4. The highest BCUT2D eigenvalue weighted by Crippen LogP contribution is 2.42. The van der Waals surface area contributed by atoms with Gasteiger partial charge in [-0.25, -0.2) is 9.97 Å². The van der Waals surface area contributed by atoms with Gasteiger partial charge < -0.3 is 39.6 Å². The van der Waals surface area contributed by atoms with Gasteiger partial charge in [0.05, 0.1) is 23.7 Å². The van der Waals surface area contributed by atoms with Gasteiger partial charge in [-0.05, 0) is 105 Å². The normalized spacial score (nSPS) is 22.5. The molecule has 2 unspecified atom stereocenters. The number of aliphatic hydroxyl groups is 1. The molecule has 4 atom stereocenters. The third-order valence-corrected chi connectivity index (χ3v) is 16.3. The maximum atomic E-state index is 14.1. The number of aliphatic hydroxyl groups excluding tert-OH is 1. The average molecular weight is 1020 g/mol. The molecule has 6 aliphatic rings. The SMILES string of the molecule is C=CC(=O)Nc1cc(Nc2nc(-c3ccnc(N4CCn5c(cc6c5CC(C)(C)C6)C4=O)c3CO)cn(C)c2=O)ccc1N1CCN(C2CCN(c3cccc4c3CN(C3CCC(=O)NC3=O)C4=O)[C@@H](C)C2)C[C@@H]1C. The van der Waals surface area contributed by atoms with Gasteiger partial charge in [-0.3, -0.25) is 43.9 Å². The molecule has 5 aromatic rings. The van der Waals surface area contributed by atoms with Crippen LogP contribution in [0.5, 0.6) is 0 Å². The molecule has 5 amide bonds. The monoisotopic (exact) mass is 1020 g/mol. The van der Waals surface area contributed by atoms with Crippen LogP contribution in [0.15, 0.2) is 78.4 Å². The van der Waals surface area contributed by atoms with E-state index in [1.54, 1.807) is 41.4 Å². The van der Waals surface area contributed by atoms with Crippen molar-refractivity contribution in [3.05, 3.63) is 118 Å². The van der Waals surface area contributed by atoms with Crippen LogP contribution in [0.1, 0.15) is 96.6 Å². The van der Waals surface area contributed by atoms with E-state index in [9.17, 15) is 33.9 Å². The molecule has 0 bridgehead atoms. The Kier molecular flexibility index (Phi) is 12.7. The maximum absolute atomic E-state index is 14.1. The summed E-state index contributed by atoms with van der Waals surface area (Å²) in [5.74, 6) is -1.08. The number of piperidine rings is 2. The quantitative estimate of drug-likeness (QED) is 0.100. The number of nitrogens with zero attached hydrogens (tertiary/aromatic N) is 9.